The summed E-state index contributed by atoms with van der Waals surface area (Å²) in [5.41, 5.74) is -1.58. The summed E-state index contributed by atoms with van der Waals surface area (Å²) < 4.78 is 62.1. The minimum atomic E-state index is -4.57. The number of rotatable bonds is 4. The molecule has 0 bridgehead atoms. The van der Waals surface area contributed by atoms with Crippen molar-refractivity contribution in [3.05, 3.63) is 34.9 Å². The van der Waals surface area contributed by atoms with Gasteiger partial charge in [0.1, 0.15) is 6.29 Å². The van der Waals surface area contributed by atoms with Gasteiger partial charge in [-0.25, -0.2) is 8.78 Å². The zero-order valence-corrected chi connectivity index (χ0v) is 8.60. The first-order valence-corrected chi connectivity index (χ1v) is 4.78. The van der Waals surface area contributed by atoms with E-state index in [0.29, 0.717) is 18.4 Å². The summed E-state index contributed by atoms with van der Waals surface area (Å²) in [5, 5.41) is 0. The highest BCUT2D eigenvalue weighted by molar-refractivity contribution is 5.50. The van der Waals surface area contributed by atoms with Crippen LogP contribution < -0.4 is 0 Å². The molecule has 6 heteroatoms. The van der Waals surface area contributed by atoms with Crippen LogP contribution in [0.15, 0.2) is 18.2 Å². The van der Waals surface area contributed by atoms with E-state index in [0.717, 1.165) is 6.07 Å². The first-order chi connectivity index (χ1) is 7.86. The van der Waals surface area contributed by atoms with E-state index in [1.54, 1.807) is 0 Å². The quantitative estimate of drug-likeness (QED) is 0.588. The van der Waals surface area contributed by atoms with Gasteiger partial charge in [-0.05, 0) is 24.1 Å². The van der Waals surface area contributed by atoms with E-state index in [4.69, 9.17) is 0 Å². The largest absolute Gasteiger partial charge is 0.416 e. The molecular weight excluding hydrogens is 243 g/mol. The topological polar surface area (TPSA) is 17.1 Å². The molecule has 1 aromatic carbocycles. The van der Waals surface area contributed by atoms with Gasteiger partial charge in [0.15, 0.2) is 0 Å². The van der Waals surface area contributed by atoms with Gasteiger partial charge in [0, 0.05) is 12.0 Å². The Morgan fingerprint density at radius 2 is 1.88 bits per heavy atom. The van der Waals surface area contributed by atoms with Crippen molar-refractivity contribution in [2.45, 2.75) is 25.4 Å². The highest BCUT2D eigenvalue weighted by Gasteiger charge is 2.31. The molecule has 0 saturated carbocycles. The lowest BCUT2D eigenvalue weighted by Gasteiger charge is -2.12. The van der Waals surface area contributed by atoms with Crippen LogP contribution >= 0.6 is 0 Å². The molecule has 0 fully saturated rings. The van der Waals surface area contributed by atoms with Crippen molar-refractivity contribution < 1.29 is 26.7 Å². The van der Waals surface area contributed by atoms with E-state index < -0.39 is 23.7 Å². The molecule has 0 aromatic heterocycles. The highest BCUT2D eigenvalue weighted by Crippen LogP contribution is 2.33. The van der Waals surface area contributed by atoms with Crippen LogP contribution in [0.1, 0.15) is 29.5 Å². The average Bonchev–Trinajstić information content (AvgIpc) is 2.24. The summed E-state index contributed by atoms with van der Waals surface area (Å²) in [7, 11) is 0. The maximum absolute atomic E-state index is 12.5. The third kappa shape index (κ3) is 3.51. The fraction of sp³-hybridized carbons (Fsp3) is 0.364. The molecule has 0 saturated heterocycles. The number of hydrogen-bond donors (Lipinski definition) is 0. The van der Waals surface area contributed by atoms with E-state index in [1.807, 2.05) is 0 Å². The van der Waals surface area contributed by atoms with Gasteiger partial charge < -0.3 is 4.79 Å². The number of carbonyl (C=O) groups excluding carboxylic acids is 1. The zero-order chi connectivity index (χ0) is 13.1. The van der Waals surface area contributed by atoms with Crippen LogP contribution in [0.2, 0.25) is 0 Å². The van der Waals surface area contributed by atoms with Crippen molar-refractivity contribution in [3.8, 4) is 0 Å². The molecule has 0 aliphatic carbocycles. The van der Waals surface area contributed by atoms with Crippen LogP contribution in [0.5, 0.6) is 0 Å². The van der Waals surface area contributed by atoms with E-state index in [9.17, 15) is 26.7 Å². The molecule has 0 N–H and O–H groups in total. The molecule has 0 heterocycles. The number of aryl methyl sites for hydroxylation is 1. The summed E-state index contributed by atoms with van der Waals surface area (Å²) in [4.78, 5) is 10.1. The Kier molecular flexibility index (Phi) is 4.20. The fourth-order valence-electron chi connectivity index (χ4n) is 1.43. The average molecular weight is 252 g/mol. The molecule has 1 rings (SSSR count). The van der Waals surface area contributed by atoms with Crippen LogP contribution in [-0.2, 0) is 17.4 Å². The van der Waals surface area contributed by atoms with Crippen LogP contribution in [0, 0.1) is 0 Å². The summed E-state index contributed by atoms with van der Waals surface area (Å²) in [6.07, 6.45) is -7.14. The molecule has 0 amide bonds. The molecule has 0 atom stereocenters. The molecule has 0 aliphatic heterocycles. The van der Waals surface area contributed by atoms with Gasteiger partial charge in [-0.3, -0.25) is 0 Å². The van der Waals surface area contributed by atoms with Crippen LogP contribution in [-0.4, -0.2) is 6.29 Å². The van der Waals surface area contributed by atoms with Crippen molar-refractivity contribution in [1.82, 2.24) is 0 Å². The van der Waals surface area contributed by atoms with Gasteiger partial charge in [0.2, 0.25) is 0 Å². The van der Waals surface area contributed by atoms with Gasteiger partial charge >= 0.3 is 6.18 Å². The zero-order valence-electron chi connectivity index (χ0n) is 8.60. The summed E-state index contributed by atoms with van der Waals surface area (Å²) in [6.45, 7) is 0. The monoisotopic (exact) mass is 252 g/mol. The Hall–Kier alpha value is -1.46. The number of carbonyl (C=O) groups is 1. The van der Waals surface area contributed by atoms with Crippen molar-refractivity contribution >= 4 is 6.29 Å². The lowest BCUT2D eigenvalue weighted by Crippen LogP contribution is -2.07. The first-order valence-electron chi connectivity index (χ1n) is 4.78. The molecular formula is C11H9F5O. The Bertz CT molecular complexity index is 397. The van der Waals surface area contributed by atoms with E-state index in [1.165, 1.54) is 0 Å². The predicted molar refractivity (Wildman–Crippen MR) is 50.8 cm³/mol. The lowest BCUT2D eigenvalue weighted by atomic mass is 10.00. The van der Waals surface area contributed by atoms with Gasteiger partial charge in [0.25, 0.3) is 6.43 Å². The second-order valence-electron chi connectivity index (χ2n) is 3.42. The second kappa shape index (κ2) is 5.25. The maximum Gasteiger partial charge on any atom is 0.416 e. The standard InChI is InChI=1S/C11H9F5O/c12-10(13)9-4-3-8(11(14,15)16)6-7(9)2-1-5-17/h3-6,10H,1-2H2. The molecule has 1 nitrogen and oxygen atoms in total. The minimum Gasteiger partial charge on any atom is -0.303 e. The summed E-state index contributed by atoms with van der Waals surface area (Å²) in [6, 6.07) is 2.05. The Morgan fingerprint density at radius 3 is 2.35 bits per heavy atom. The molecule has 1 aromatic rings. The van der Waals surface area contributed by atoms with Gasteiger partial charge in [0.05, 0.1) is 5.56 Å². The predicted octanol–water partition coefficient (Wildman–Crippen LogP) is 3.77. The molecule has 0 spiro atoms. The van der Waals surface area contributed by atoms with E-state index in [2.05, 4.69) is 0 Å². The lowest BCUT2D eigenvalue weighted by molar-refractivity contribution is -0.137. The number of alkyl halides is 5. The van der Waals surface area contributed by atoms with Gasteiger partial charge in [-0.15, -0.1) is 0 Å². The van der Waals surface area contributed by atoms with Crippen LogP contribution in [0.3, 0.4) is 0 Å². The molecule has 94 valence electrons. The minimum absolute atomic E-state index is 0.0823. The van der Waals surface area contributed by atoms with Gasteiger partial charge in [-0.1, -0.05) is 6.07 Å². The Labute approximate surface area is 94.2 Å². The molecule has 0 radical (unpaired) electrons. The van der Waals surface area contributed by atoms with Crippen molar-refractivity contribution in [1.29, 1.82) is 0 Å². The maximum atomic E-state index is 12.5. The van der Waals surface area contributed by atoms with Crippen molar-refractivity contribution in [2.75, 3.05) is 0 Å². The summed E-state index contributed by atoms with van der Waals surface area (Å²) in [5.74, 6) is 0. The van der Waals surface area contributed by atoms with Crippen LogP contribution in [0.4, 0.5) is 22.0 Å². The summed E-state index contributed by atoms with van der Waals surface area (Å²) >= 11 is 0. The van der Waals surface area contributed by atoms with Gasteiger partial charge in [-0.2, -0.15) is 13.2 Å². The normalized spacial score (nSPS) is 11.9. The molecule has 17 heavy (non-hydrogen) atoms. The van der Waals surface area contributed by atoms with Crippen molar-refractivity contribution in [3.63, 3.8) is 0 Å². The number of aldehydes is 1. The highest BCUT2D eigenvalue weighted by atomic mass is 19.4. The van der Waals surface area contributed by atoms with Crippen molar-refractivity contribution in [2.24, 2.45) is 0 Å². The Morgan fingerprint density at radius 1 is 1.24 bits per heavy atom. The molecule has 0 unspecified atom stereocenters. The third-order valence-corrected chi connectivity index (χ3v) is 2.24. The first kappa shape index (κ1) is 13.6. The number of benzene rings is 1. The number of hydrogen-bond acceptors (Lipinski definition) is 1. The van der Waals surface area contributed by atoms with E-state index >= 15 is 0 Å². The fourth-order valence-corrected chi connectivity index (χ4v) is 1.43. The smallest absolute Gasteiger partial charge is 0.303 e. The third-order valence-electron chi connectivity index (χ3n) is 2.24. The SMILES string of the molecule is O=CCCc1cc(C(F)(F)F)ccc1C(F)F. The van der Waals surface area contributed by atoms with E-state index in [-0.39, 0.29) is 18.4 Å². The Balaban J connectivity index is 3.14. The second-order valence-corrected chi connectivity index (χ2v) is 3.42. The van der Waals surface area contributed by atoms with Crippen LogP contribution in [0.25, 0.3) is 0 Å². The molecule has 0 aliphatic rings. The number of halogens is 5.